The van der Waals surface area contributed by atoms with Gasteiger partial charge >= 0.3 is 6.09 Å². The first kappa shape index (κ1) is 20.5. The highest BCUT2D eigenvalue weighted by atomic mass is 16.6. The summed E-state index contributed by atoms with van der Waals surface area (Å²) in [7, 11) is 0. The molecule has 2 saturated heterocycles. The second-order valence-electron chi connectivity index (χ2n) is 9.17. The zero-order chi connectivity index (χ0) is 20.5. The Morgan fingerprint density at radius 1 is 1.14 bits per heavy atom. The molecular formula is C22H32N2O4. The van der Waals surface area contributed by atoms with E-state index < -0.39 is 5.60 Å². The zero-order valence-electron chi connectivity index (χ0n) is 17.5. The summed E-state index contributed by atoms with van der Waals surface area (Å²) in [5, 5.41) is 3.01. The Kier molecular flexibility index (Phi) is 5.87. The van der Waals surface area contributed by atoms with Crippen molar-refractivity contribution in [3.8, 4) is 5.75 Å². The van der Waals surface area contributed by atoms with Crippen molar-refractivity contribution in [1.82, 2.24) is 4.90 Å². The van der Waals surface area contributed by atoms with Crippen molar-refractivity contribution in [2.24, 2.45) is 11.8 Å². The van der Waals surface area contributed by atoms with Crippen LogP contribution in [0.5, 0.6) is 5.75 Å². The molecule has 1 N–H and O–H groups in total. The highest BCUT2D eigenvalue weighted by molar-refractivity contribution is 5.93. The molecule has 1 aromatic carbocycles. The first-order valence-corrected chi connectivity index (χ1v) is 10.2. The van der Waals surface area contributed by atoms with Crippen LogP contribution in [0.2, 0.25) is 0 Å². The topological polar surface area (TPSA) is 67.9 Å². The highest BCUT2D eigenvalue weighted by Crippen LogP contribution is 2.40. The van der Waals surface area contributed by atoms with E-state index in [-0.39, 0.29) is 30.1 Å². The lowest BCUT2D eigenvalue weighted by atomic mass is 9.72. The van der Waals surface area contributed by atoms with Gasteiger partial charge in [-0.05, 0) is 84.1 Å². The molecule has 1 aromatic rings. The third-order valence-corrected chi connectivity index (χ3v) is 5.24. The minimum atomic E-state index is -0.536. The number of carbonyl (C=O) groups is 2. The molecule has 154 valence electrons. The summed E-state index contributed by atoms with van der Waals surface area (Å²) in [6, 6.07) is 7.32. The molecule has 2 heterocycles. The molecule has 0 spiro atoms. The number of anilines is 1. The van der Waals surface area contributed by atoms with Gasteiger partial charge in [0.2, 0.25) is 5.91 Å². The van der Waals surface area contributed by atoms with Crippen molar-refractivity contribution in [2.45, 2.75) is 71.6 Å². The minimum absolute atomic E-state index is 0.0273. The molecule has 6 heteroatoms. The van der Waals surface area contributed by atoms with E-state index in [1.165, 1.54) is 0 Å². The smallest absolute Gasteiger partial charge is 0.410 e. The maximum absolute atomic E-state index is 13.0. The van der Waals surface area contributed by atoms with E-state index in [1.54, 1.807) is 4.90 Å². The van der Waals surface area contributed by atoms with E-state index in [4.69, 9.17) is 9.47 Å². The van der Waals surface area contributed by atoms with Gasteiger partial charge in [0.1, 0.15) is 11.4 Å². The van der Waals surface area contributed by atoms with Crippen LogP contribution in [0.4, 0.5) is 10.5 Å². The van der Waals surface area contributed by atoms with Crippen molar-refractivity contribution in [2.75, 3.05) is 11.9 Å². The number of hydrogen-bond acceptors (Lipinski definition) is 4. The number of nitrogens with zero attached hydrogens (tertiary/aromatic N) is 1. The molecule has 0 unspecified atom stereocenters. The standard InChI is InChI=1S/C22H32N2O4/c1-14(2)27-17-9-7-16(8-10-17)23-20(25)18-12-15-6-11-19(18)24(13-15)21(26)28-22(3,4)5/h7-10,14-15,18-19H,6,11-13H2,1-5H3,(H,23,25)/t15-,18-,19-/m1/s1. The lowest BCUT2D eigenvalue weighted by Crippen LogP contribution is -2.58. The van der Waals surface area contributed by atoms with Crippen LogP contribution in [-0.4, -0.2) is 41.2 Å². The largest absolute Gasteiger partial charge is 0.491 e. The predicted molar refractivity (Wildman–Crippen MR) is 108 cm³/mol. The molecule has 3 atom stereocenters. The molecule has 2 amide bonds. The Hall–Kier alpha value is -2.24. The van der Waals surface area contributed by atoms with Crippen LogP contribution in [-0.2, 0) is 9.53 Å². The van der Waals surface area contributed by atoms with Crippen LogP contribution in [0.15, 0.2) is 24.3 Å². The van der Waals surface area contributed by atoms with Gasteiger partial charge in [-0.1, -0.05) is 0 Å². The zero-order valence-corrected chi connectivity index (χ0v) is 17.5. The minimum Gasteiger partial charge on any atom is -0.491 e. The fourth-order valence-corrected chi connectivity index (χ4v) is 4.13. The lowest BCUT2D eigenvalue weighted by Gasteiger charge is -2.49. The van der Waals surface area contributed by atoms with Crippen LogP contribution >= 0.6 is 0 Å². The van der Waals surface area contributed by atoms with E-state index in [9.17, 15) is 9.59 Å². The highest BCUT2D eigenvalue weighted by Gasteiger charge is 2.46. The number of ether oxygens (including phenoxy) is 2. The van der Waals surface area contributed by atoms with Gasteiger partial charge in [-0.3, -0.25) is 4.79 Å². The van der Waals surface area contributed by atoms with Gasteiger partial charge in [-0.2, -0.15) is 0 Å². The maximum Gasteiger partial charge on any atom is 0.410 e. The van der Waals surface area contributed by atoms with Crippen LogP contribution in [0.25, 0.3) is 0 Å². The van der Waals surface area contributed by atoms with Crippen LogP contribution in [0.1, 0.15) is 53.9 Å². The first-order chi connectivity index (χ1) is 13.1. The van der Waals surface area contributed by atoms with Gasteiger partial charge in [-0.25, -0.2) is 4.79 Å². The Bertz CT molecular complexity index is 708. The summed E-state index contributed by atoms with van der Waals surface area (Å²) in [6.07, 6.45) is 2.54. The fraction of sp³-hybridized carbons (Fsp3) is 0.636. The average molecular weight is 389 g/mol. The summed E-state index contributed by atoms with van der Waals surface area (Å²) in [6.45, 7) is 10.2. The second-order valence-corrected chi connectivity index (χ2v) is 9.17. The predicted octanol–water partition coefficient (Wildman–Crippen LogP) is 4.45. The van der Waals surface area contributed by atoms with Gasteiger partial charge in [0.15, 0.2) is 0 Å². The molecule has 1 saturated carbocycles. The van der Waals surface area contributed by atoms with Gasteiger partial charge in [0.05, 0.1) is 12.0 Å². The van der Waals surface area contributed by atoms with E-state index in [0.29, 0.717) is 12.5 Å². The Labute approximate surface area is 167 Å². The lowest BCUT2D eigenvalue weighted by molar-refractivity contribution is -0.126. The third kappa shape index (κ3) is 4.97. The monoisotopic (exact) mass is 388 g/mol. The molecule has 2 bridgehead atoms. The first-order valence-electron chi connectivity index (χ1n) is 10.2. The molecular weight excluding hydrogens is 356 g/mol. The van der Waals surface area contributed by atoms with Crippen molar-refractivity contribution in [1.29, 1.82) is 0 Å². The molecule has 4 rings (SSSR count). The number of hydrogen-bond donors (Lipinski definition) is 1. The maximum atomic E-state index is 13.0. The number of carbonyl (C=O) groups excluding carboxylic acids is 2. The van der Waals surface area contributed by atoms with Crippen molar-refractivity contribution in [3.63, 3.8) is 0 Å². The molecule has 3 fully saturated rings. The van der Waals surface area contributed by atoms with Crippen molar-refractivity contribution < 1.29 is 19.1 Å². The van der Waals surface area contributed by atoms with E-state index in [2.05, 4.69) is 5.32 Å². The van der Waals surface area contributed by atoms with E-state index >= 15 is 0 Å². The van der Waals surface area contributed by atoms with Gasteiger partial charge in [-0.15, -0.1) is 0 Å². The van der Waals surface area contributed by atoms with Gasteiger partial charge in [0.25, 0.3) is 0 Å². The summed E-state index contributed by atoms with van der Waals surface area (Å²) < 4.78 is 11.2. The molecule has 6 nitrogen and oxygen atoms in total. The third-order valence-electron chi connectivity index (χ3n) is 5.24. The average Bonchev–Trinajstić information content (AvgIpc) is 2.61. The summed E-state index contributed by atoms with van der Waals surface area (Å²) in [5.74, 6) is 0.906. The number of amides is 2. The Morgan fingerprint density at radius 3 is 2.39 bits per heavy atom. The van der Waals surface area contributed by atoms with Crippen molar-refractivity contribution >= 4 is 17.7 Å². The Morgan fingerprint density at radius 2 is 1.82 bits per heavy atom. The number of fused-ring (bicyclic) bond motifs is 3. The summed E-state index contributed by atoms with van der Waals surface area (Å²) >= 11 is 0. The number of piperidine rings is 2. The van der Waals surface area contributed by atoms with E-state index in [0.717, 1.165) is 30.7 Å². The molecule has 0 aromatic heterocycles. The van der Waals surface area contributed by atoms with Gasteiger partial charge < -0.3 is 19.7 Å². The Balaban J connectivity index is 1.65. The number of nitrogens with one attached hydrogen (secondary N) is 1. The fourth-order valence-electron chi connectivity index (χ4n) is 4.13. The molecule has 0 radical (unpaired) electrons. The second kappa shape index (κ2) is 8.02. The van der Waals surface area contributed by atoms with Crippen LogP contribution in [0.3, 0.4) is 0 Å². The summed E-state index contributed by atoms with van der Waals surface area (Å²) in [5.41, 5.74) is 0.206. The van der Waals surface area contributed by atoms with Crippen LogP contribution < -0.4 is 10.1 Å². The molecule has 3 aliphatic rings. The van der Waals surface area contributed by atoms with E-state index in [1.807, 2.05) is 58.9 Å². The molecule has 2 aliphatic heterocycles. The van der Waals surface area contributed by atoms with Gasteiger partial charge in [0, 0.05) is 18.3 Å². The normalized spacial score (nSPS) is 24.2. The quantitative estimate of drug-likeness (QED) is 0.827. The number of benzene rings is 1. The molecule has 28 heavy (non-hydrogen) atoms. The SMILES string of the molecule is CC(C)Oc1ccc(NC(=O)[C@@H]2C[C@H]3CC[C@H]2N(C(=O)OC(C)(C)C)C3)cc1. The van der Waals surface area contributed by atoms with Crippen molar-refractivity contribution in [3.05, 3.63) is 24.3 Å². The number of rotatable bonds is 4. The molecule has 1 aliphatic carbocycles. The van der Waals surface area contributed by atoms with Crippen LogP contribution in [0, 0.1) is 11.8 Å². The summed E-state index contributed by atoms with van der Waals surface area (Å²) in [4.78, 5) is 27.3.